The van der Waals surface area contributed by atoms with E-state index in [9.17, 15) is 4.79 Å². The predicted octanol–water partition coefficient (Wildman–Crippen LogP) is 2.13. The van der Waals surface area contributed by atoms with Gasteiger partial charge in [-0.2, -0.15) is 0 Å². The zero-order chi connectivity index (χ0) is 13.2. The van der Waals surface area contributed by atoms with Gasteiger partial charge < -0.3 is 9.84 Å². The minimum absolute atomic E-state index is 0.0252. The van der Waals surface area contributed by atoms with Gasteiger partial charge in [0.2, 0.25) is 0 Å². The number of ether oxygens (including phenoxy) is 1. The first kappa shape index (κ1) is 13.8. The van der Waals surface area contributed by atoms with E-state index in [1.165, 1.54) is 0 Å². The van der Waals surface area contributed by atoms with E-state index >= 15 is 0 Å². The van der Waals surface area contributed by atoms with Crippen LogP contribution in [-0.2, 0) is 9.53 Å². The molecule has 2 atom stereocenters. The van der Waals surface area contributed by atoms with Crippen molar-refractivity contribution in [2.24, 2.45) is 5.92 Å². The Morgan fingerprint density at radius 1 is 1.39 bits per heavy atom. The van der Waals surface area contributed by atoms with Crippen molar-refractivity contribution < 1.29 is 14.6 Å². The molecule has 0 aromatic rings. The summed E-state index contributed by atoms with van der Waals surface area (Å²) in [6.07, 6.45) is 5.09. The molecule has 0 bridgehead atoms. The number of rotatable bonds is 4. The van der Waals surface area contributed by atoms with Crippen molar-refractivity contribution in [1.82, 2.24) is 4.90 Å². The number of carbonyl (C=O) groups is 1. The number of likely N-dealkylation sites (tertiary alicyclic amines) is 1. The molecule has 0 aromatic heterocycles. The summed E-state index contributed by atoms with van der Waals surface area (Å²) in [5.74, 6) is -0.419. The molecule has 18 heavy (non-hydrogen) atoms. The molecule has 0 radical (unpaired) electrons. The summed E-state index contributed by atoms with van der Waals surface area (Å²) in [4.78, 5) is 13.4. The zero-order valence-corrected chi connectivity index (χ0v) is 11.5. The van der Waals surface area contributed by atoms with Crippen LogP contribution in [-0.4, -0.2) is 47.3 Å². The number of piperidine rings is 1. The van der Waals surface area contributed by atoms with Gasteiger partial charge in [-0.1, -0.05) is 0 Å². The van der Waals surface area contributed by atoms with Crippen LogP contribution in [0, 0.1) is 5.92 Å². The van der Waals surface area contributed by atoms with Crippen LogP contribution in [0.25, 0.3) is 0 Å². The van der Waals surface area contributed by atoms with Crippen LogP contribution in [0.1, 0.15) is 46.0 Å². The van der Waals surface area contributed by atoms with E-state index in [-0.39, 0.29) is 17.9 Å². The maximum absolute atomic E-state index is 11.0. The van der Waals surface area contributed by atoms with E-state index < -0.39 is 5.97 Å². The first-order valence-electron chi connectivity index (χ1n) is 7.08. The van der Waals surface area contributed by atoms with Crippen LogP contribution in [0.3, 0.4) is 0 Å². The average Bonchev–Trinajstić information content (AvgIpc) is 2.76. The Morgan fingerprint density at radius 2 is 2.17 bits per heavy atom. The van der Waals surface area contributed by atoms with Gasteiger partial charge >= 0.3 is 5.97 Å². The number of aliphatic carboxylic acids is 1. The molecule has 0 aromatic carbocycles. The molecule has 2 heterocycles. The first-order chi connectivity index (χ1) is 8.50. The molecule has 2 saturated heterocycles. The minimum Gasteiger partial charge on any atom is -0.481 e. The van der Waals surface area contributed by atoms with Crippen molar-refractivity contribution in [3.63, 3.8) is 0 Å². The van der Waals surface area contributed by atoms with Crippen LogP contribution in [0.4, 0.5) is 0 Å². The fourth-order valence-corrected chi connectivity index (χ4v) is 3.35. The summed E-state index contributed by atoms with van der Waals surface area (Å²) in [5, 5.41) is 9.03. The van der Waals surface area contributed by atoms with Gasteiger partial charge in [0, 0.05) is 25.1 Å². The Balaban J connectivity index is 1.98. The van der Waals surface area contributed by atoms with Crippen LogP contribution < -0.4 is 0 Å². The summed E-state index contributed by atoms with van der Waals surface area (Å²) < 4.78 is 5.71. The van der Waals surface area contributed by atoms with Crippen molar-refractivity contribution >= 4 is 5.97 Å². The molecule has 2 rings (SSSR count). The lowest BCUT2D eigenvalue weighted by molar-refractivity contribution is -0.140. The zero-order valence-electron chi connectivity index (χ0n) is 11.5. The Bertz CT molecular complexity index is 297. The summed E-state index contributed by atoms with van der Waals surface area (Å²) in [6, 6.07) is 0. The normalized spacial score (nSPS) is 32.6. The van der Waals surface area contributed by atoms with Crippen molar-refractivity contribution in [2.45, 2.75) is 57.6 Å². The van der Waals surface area contributed by atoms with Crippen molar-refractivity contribution in [1.29, 1.82) is 0 Å². The highest BCUT2D eigenvalue weighted by molar-refractivity contribution is 5.67. The van der Waals surface area contributed by atoms with E-state index in [4.69, 9.17) is 9.84 Å². The van der Waals surface area contributed by atoms with E-state index in [1.54, 1.807) is 0 Å². The van der Waals surface area contributed by atoms with E-state index in [0.717, 1.165) is 45.4 Å². The molecule has 4 heteroatoms. The molecule has 4 nitrogen and oxygen atoms in total. The third kappa shape index (κ3) is 3.04. The Morgan fingerprint density at radius 3 is 2.78 bits per heavy atom. The molecule has 0 saturated carbocycles. The molecular formula is C14H25NO3. The molecule has 0 spiro atoms. The van der Waals surface area contributed by atoms with Gasteiger partial charge in [0.15, 0.2) is 0 Å². The molecule has 104 valence electrons. The maximum atomic E-state index is 11.0. The second-order valence-electron chi connectivity index (χ2n) is 6.17. The largest absolute Gasteiger partial charge is 0.481 e. The highest BCUT2D eigenvalue weighted by atomic mass is 16.5. The highest BCUT2D eigenvalue weighted by Gasteiger charge is 2.40. The number of carboxylic acids is 1. The second kappa shape index (κ2) is 5.57. The smallest absolute Gasteiger partial charge is 0.303 e. The molecule has 2 fully saturated rings. The quantitative estimate of drug-likeness (QED) is 0.836. The van der Waals surface area contributed by atoms with Crippen LogP contribution in [0.5, 0.6) is 0 Å². The van der Waals surface area contributed by atoms with Gasteiger partial charge in [-0.25, -0.2) is 0 Å². The molecule has 2 aliphatic rings. The summed E-state index contributed by atoms with van der Waals surface area (Å²) in [6.45, 7) is 7.30. The Hall–Kier alpha value is -0.610. The fourth-order valence-electron chi connectivity index (χ4n) is 3.35. The van der Waals surface area contributed by atoms with Crippen LogP contribution in [0.15, 0.2) is 0 Å². The number of carboxylic acid groups (broad SMARTS) is 1. The summed E-state index contributed by atoms with van der Waals surface area (Å²) >= 11 is 0. The highest BCUT2D eigenvalue weighted by Crippen LogP contribution is 2.36. The molecule has 0 aliphatic carbocycles. The van der Waals surface area contributed by atoms with Crippen LogP contribution >= 0.6 is 0 Å². The van der Waals surface area contributed by atoms with Crippen LogP contribution in [0.2, 0.25) is 0 Å². The van der Waals surface area contributed by atoms with Gasteiger partial charge in [0.25, 0.3) is 0 Å². The number of hydrogen-bond acceptors (Lipinski definition) is 3. The van der Waals surface area contributed by atoms with E-state index in [2.05, 4.69) is 18.7 Å². The minimum atomic E-state index is -0.674. The van der Waals surface area contributed by atoms with Gasteiger partial charge in [-0.3, -0.25) is 9.69 Å². The second-order valence-corrected chi connectivity index (χ2v) is 6.17. The van der Waals surface area contributed by atoms with Crippen molar-refractivity contribution in [3.05, 3.63) is 0 Å². The van der Waals surface area contributed by atoms with Gasteiger partial charge in [-0.05, 0) is 52.0 Å². The summed E-state index contributed by atoms with van der Waals surface area (Å²) in [5.41, 5.74) is -0.0252. The van der Waals surface area contributed by atoms with Gasteiger partial charge in [-0.15, -0.1) is 0 Å². The van der Waals surface area contributed by atoms with E-state index in [1.807, 2.05) is 0 Å². The lowest BCUT2D eigenvalue weighted by Crippen LogP contribution is -2.55. The van der Waals surface area contributed by atoms with Gasteiger partial charge in [0.1, 0.15) is 0 Å². The Kier molecular flexibility index (Phi) is 4.28. The molecule has 0 amide bonds. The molecule has 2 aliphatic heterocycles. The maximum Gasteiger partial charge on any atom is 0.303 e. The molecule has 2 unspecified atom stereocenters. The molecule has 1 N–H and O–H groups in total. The number of hydrogen-bond donors (Lipinski definition) is 1. The fraction of sp³-hybridized carbons (Fsp3) is 0.929. The van der Waals surface area contributed by atoms with Crippen molar-refractivity contribution in [2.75, 3.05) is 19.7 Å². The first-order valence-corrected chi connectivity index (χ1v) is 7.08. The average molecular weight is 255 g/mol. The van der Waals surface area contributed by atoms with Gasteiger partial charge in [0.05, 0.1) is 6.10 Å². The third-order valence-corrected chi connectivity index (χ3v) is 4.66. The lowest BCUT2D eigenvalue weighted by Gasteiger charge is -2.48. The summed E-state index contributed by atoms with van der Waals surface area (Å²) in [7, 11) is 0. The lowest BCUT2D eigenvalue weighted by atomic mass is 9.77. The van der Waals surface area contributed by atoms with E-state index in [0.29, 0.717) is 6.10 Å². The Labute approximate surface area is 109 Å². The third-order valence-electron chi connectivity index (χ3n) is 4.66. The number of nitrogens with zero attached hydrogens (tertiary/aromatic N) is 1. The molecular weight excluding hydrogens is 230 g/mol. The predicted molar refractivity (Wildman–Crippen MR) is 69.6 cm³/mol. The topological polar surface area (TPSA) is 49.8 Å². The SMILES string of the molecule is CC1(C)C(CC(=O)O)CCCN1CC1CCCO1. The monoisotopic (exact) mass is 255 g/mol. The standard InChI is InChI=1S/C14H25NO3/c1-14(2)11(9-13(16)17)5-3-7-15(14)10-12-6-4-8-18-12/h11-12H,3-10H2,1-2H3,(H,16,17). The van der Waals surface area contributed by atoms with Crippen molar-refractivity contribution in [3.8, 4) is 0 Å².